The second-order valence-corrected chi connectivity index (χ2v) is 12.2. The molecule has 1 heterocycles. The van der Waals surface area contributed by atoms with Crippen LogP contribution in [0.3, 0.4) is 0 Å². The lowest BCUT2D eigenvalue weighted by Gasteiger charge is -2.19. The van der Waals surface area contributed by atoms with E-state index in [1.165, 1.54) is 0 Å². The van der Waals surface area contributed by atoms with Crippen molar-refractivity contribution < 1.29 is 23.8 Å². The number of amides is 1. The number of halogens is 2. The van der Waals surface area contributed by atoms with Crippen molar-refractivity contribution >= 4 is 35.1 Å². The van der Waals surface area contributed by atoms with Gasteiger partial charge in [0.15, 0.2) is 0 Å². The van der Waals surface area contributed by atoms with Crippen LogP contribution in [0.5, 0.6) is 5.75 Å². The van der Waals surface area contributed by atoms with Gasteiger partial charge < -0.3 is 24.5 Å². The van der Waals surface area contributed by atoms with Gasteiger partial charge >= 0.3 is 5.97 Å². The molecule has 3 aromatic carbocycles. The zero-order chi connectivity index (χ0) is 33.4. The Kier molecular flexibility index (Phi) is 14.6. The van der Waals surface area contributed by atoms with Gasteiger partial charge in [-0.1, -0.05) is 60.8 Å². The van der Waals surface area contributed by atoms with E-state index in [1.807, 2.05) is 42.5 Å². The molecule has 1 atom stereocenters. The molecule has 0 aliphatic carbocycles. The SMILES string of the molecule is CCCCOCCCCOC(=O)c1ccc(C(Cc2ncc(-c3ccc(Cl)cc3Cl)[nH]2)NC(=O)CCCc2ccc(OC)cc2)cc1. The van der Waals surface area contributed by atoms with Gasteiger partial charge in [-0.15, -0.1) is 0 Å². The van der Waals surface area contributed by atoms with E-state index in [2.05, 4.69) is 22.2 Å². The summed E-state index contributed by atoms with van der Waals surface area (Å²) in [7, 11) is 1.64. The Morgan fingerprint density at radius 3 is 2.38 bits per heavy atom. The number of unbranched alkanes of at least 4 members (excludes halogenated alkanes) is 2. The molecule has 0 aliphatic heterocycles. The molecular weight excluding hydrogens is 637 g/mol. The molecule has 1 amide bonds. The summed E-state index contributed by atoms with van der Waals surface area (Å²) < 4.78 is 16.3. The number of rotatable bonds is 19. The molecule has 0 saturated heterocycles. The molecule has 0 saturated carbocycles. The van der Waals surface area contributed by atoms with Crippen LogP contribution in [0.4, 0.5) is 0 Å². The van der Waals surface area contributed by atoms with Gasteiger partial charge in [-0.25, -0.2) is 9.78 Å². The van der Waals surface area contributed by atoms with Gasteiger partial charge in [-0.3, -0.25) is 4.79 Å². The van der Waals surface area contributed by atoms with Gasteiger partial charge in [0, 0.05) is 36.6 Å². The number of hydrogen-bond acceptors (Lipinski definition) is 6. The number of imidazole rings is 1. The number of benzene rings is 3. The Morgan fingerprint density at radius 1 is 0.915 bits per heavy atom. The zero-order valence-corrected chi connectivity index (χ0v) is 28.5. The smallest absolute Gasteiger partial charge is 0.338 e. The molecule has 4 rings (SSSR count). The molecule has 47 heavy (non-hydrogen) atoms. The van der Waals surface area contributed by atoms with E-state index in [4.69, 9.17) is 37.4 Å². The third-order valence-electron chi connectivity index (χ3n) is 7.72. The van der Waals surface area contributed by atoms with E-state index < -0.39 is 0 Å². The summed E-state index contributed by atoms with van der Waals surface area (Å²) in [5, 5.41) is 4.24. The van der Waals surface area contributed by atoms with Crippen molar-refractivity contribution in [1.82, 2.24) is 15.3 Å². The van der Waals surface area contributed by atoms with E-state index in [-0.39, 0.29) is 17.9 Å². The van der Waals surface area contributed by atoms with Gasteiger partial charge in [-0.05, 0) is 85.7 Å². The van der Waals surface area contributed by atoms with E-state index in [0.29, 0.717) is 53.9 Å². The average molecular weight is 681 g/mol. The molecule has 10 heteroatoms. The molecule has 1 aromatic heterocycles. The van der Waals surface area contributed by atoms with Gasteiger partial charge in [-0.2, -0.15) is 0 Å². The number of H-pyrrole nitrogens is 1. The summed E-state index contributed by atoms with van der Waals surface area (Å²) >= 11 is 12.5. The molecule has 0 radical (unpaired) electrons. The summed E-state index contributed by atoms with van der Waals surface area (Å²) in [5.74, 6) is 1.03. The van der Waals surface area contributed by atoms with Crippen molar-refractivity contribution in [2.75, 3.05) is 26.9 Å². The highest BCUT2D eigenvalue weighted by atomic mass is 35.5. The first-order valence-electron chi connectivity index (χ1n) is 16.1. The van der Waals surface area contributed by atoms with Crippen molar-refractivity contribution in [2.45, 2.75) is 64.3 Å². The van der Waals surface area contributed by atoms with E-state index in [1.54, 1.807) is 37.6 Å². The highest BCUT2D eigenvalue weighted by molar-refractivity contribution is 6.36. The number of ether oxygens (including phenoxy) is 3. The molecule has 4 aromatic rings. The number of methoxy groups -OCH3 is 1. The fraction of sp³-hybridized carbons (Fsp3) is 0.378. The normalized spacial score (nSPS) is 11.7. The Morgan fingerprint density at radius 2 is 1.66 bits per heavy atom. The van der Waals surface area contributed by atoms with Crippen LogP contribution < -0.4 is 10.1 Å². The number of nitrogens with one attached hydrogen (secondary N) is 2. The number of nitrogens with zero attached hydrogens (tertiary/aromatic N) is 1. The second kappa shape index (κ2) is 19.1. The van der Waals surface area contributed by atoms with Crippen molar-refractivity contribution in [1.29, 1.82) is 0 Å². The number of hydrogen-bond donors (Lipinski definition) is 2. The van der Waals surface area contributed by atoms with Crippen LogP contribution in [0.15, 0.2) is 72.9 Å². The molecular formula is C37H43Cl2N3O5. The lowest BCUT2D eigenvalue weighted by atomic mass is 10.0. The summed E-state index contributed by atoms with van der Waals surface area (Å²) in [4.78, 5) is 33.7. The topological polar surface area (TPSA) is 103 Å². The van der Waals surface area contributed by atoms with Crippen LogP contribution in [0.2, 0.25) is 10.0 Å². The maximum atomic E-state index is 13.2. The number of aromatic amines is 1. The van der Waals surface area contributed by atoms with Crippen LogP contribution >= 0.6 is 23.2 Å². The predicted molar refractivity (Wildman–Crippen MR) is 186 cm³/mol. The Hall–Kier alpha value is -3.85. The largest absolute Gasteiger partial charge is 0.497 e. The zero-order valence-electron chi connectivity index (χ0n) is 27.0. The highest BCUT2D eigenvalue weighted by Gasteiger charge is 2.19. The lowest BCUT2D eigenvalue weighted by Crippen LogP contribution is -2.30. The maximum absolute atomic E-state index is 13.2. The first-order valence-corrected chi connectivity index (χ1v) is 16.9. The summed E-state index contributed by atoms with van der Waals surface area (Å²) in [5.41, 5.74) is 3.96. The van der Waals surface area contributed by atoms with Crippen molar-refractivity contribution in [3.05, 3.63) is 105 Å². The van der Waals surface area contributed by atoms with Gasteiger partial charge in [0.05, 0.1) is 42.2 Å². The van der Waals surface area contributed by atoms with Crippen LogP contribution in [-0.2, 0) is 27.1 Å². The van der Waals surface area contributed by atoms with E-state index in [0.717, 1.165) is 66.8 Å². The van der Waals surface area contributed by atoms with E-state index >= 15 is 0 Å². The maximum Gasteiger partial charge on any atom is 0.338 e. The van der Waals surface area contributed by atoms with Crippen LogP contribution in [0.1, 0.15) is 78.8 Å². The summed E-state index contributed by atoms with van der Waals surface area (Å²) in [6, 6.07) is 19.9. The molecule has 0 fully saturated rings. The fourth-order valence-corrected chi connectivity index (χ4v) is 5.53. The number of aryl methyl sites for hydroxylation is 1. The van der Waals surface area contributed by atoms with Gasteiger partial charge in [0.1, 0.15) is 11.6 Å². The van der Waals surface area contributed by atoms with Gasteiger partial charge in [0.25, 0.3) is 0 Å². The third-order valence-corrected chi connectivity index (χ3v) is 8.27. The average Bonchev–Trinajstić information content (AvgIpc) is 3.54. The van der Waals surface area contributed by atoms with Crippen molar-refractivity contribution in [3.8, 4) is 17.0 Å². The molecule has 0 bridgehead atoms. The monoisotopic (exact) mass is 679 g/mol. The van der Waals surface area contributed by atoms with Gasteiger partial charge in [0.2, 0.25) is 5.91 Å². The van der Waals surface area contributed by atoms with Crippen LogP contribution in [0.25, 0.3) is 11.3 Å². The molecule has 0 aliphatic rings. The number of aromatic nitrogens is 2. The fourth-order valence-electron chi connectivity index (χ4n) is 5.02. The van der Waals surface area contributed by atoms with Crippen LogP contribution in [-0.4, -0.2) is 48.8 Å². The van der Waals surface area contributed by atoms with Crippen molar-refractivity contribution in [2.24, 2.45) is 0 Å². The molecule has 250 valence electrons. The number of carbonyl (C=O) groups excluding carboxylic acids is 2. The Balaban J connectivity index is 1.38. The van der Waals surface area contributed by atoms with E-state index in [9.17, 15) is 9.59 Å². The molecule has 1 unspecified atom stereocenters. The molecule has 2 N–H and O–H groups in total. The summed E-state index contributed by atoms with van der Waals surface area (Å²) in [6.07, 6.45) is 7.70. The quantitative estimate of drug-likeness (QED) is 0.0760. The minimum Gasteiger partial charge on any atom is -0.497 e. The van der Waals surface area contributed by atoms with Crippen molar-refractivity contribution in [3.63, 3.8) is 0 Å². The first kappa shape index (κ1) is 36.0. The number of esters is 1. The third kappa shape index (κ3) is 11.7. The minimum absolute atomic E-state index is 0.0711. The first-order chi connectivity index (χ1) is 22.9. The summed E-state index contributed by atoms with van der Waals surface area (Å²) in [6.45, 7) is 3.91. The molecule has 0 spiro atoms. The lowest BCUT2D eigenvalue weighted by molar-refractivity contribution is -0.121. The highest BCUT2D eigenvalue weighted by Crippen LogP contribution is 2.30. The predicted octanol–water partition coefficient (Wildman–Crippen LogP) is 8.57. The van der Waals surface area contributed by atoms with Crippen LogP contribution in [0, 0.1) is 0 Å². The molecule has 8 nitrogen and oxygen atoms in total. The number of carbonyl (C=O) groups is 2. The minimum atomic E-state index is -0.388. The Labute approximate surface area is 287 Å². The standard InChI is InChI=1S/C37H43Cl2N3O5/c1-3-4-20-46-21-5-6-22-47-37(44)28-14-12-27(13-15-28)33(42-36(43)9-7-8-26-10-17-30(45-2)18-11-26)24-35-40-25-34(41-35)31-19-16-29(38)23-32(31)39/h10-19,23,25,33H,3-9,20-22,24H2,1-2H3,(H,40,41)(H,42,43). The Bertz CT molecular complexity index is 1560. The second-order valence-electron chi connectivity index (χ2n) is 11.3.